The number of nitrogens with zero attached hydrogens (tertiary/aromatic N) is 3. The first-order valence-electron chi connectivity index (χ1n) is 11.1. The van der Waals surface area contributed by atoms with Crippen LogP contribution in [0.4, 0.5) is 10.3 Å². The third-order valence-electron chi connectivity index (χ3n) is 6.03. The molecule has 0 radical (unpaired) electrons. The number of fused-ring (bicyclic) bond motifs is 1. The van der Waals surface area contributed by atoms with Crippen LogP contribution in [0.3, 0.4) is 0 Å². The van der Waals surface area contributed by atoms with E-state index in [0.29, 0.717) is 28.5 Å². The van der Waals surface area contributed by atoms with Gasteiger partial charge in [-0.25, -0.2) is 9.37 Å². The van der Waals surface area contributed by atoms with Crippen molar-refractivity contribution in [3.63, 3.8) is 0 Å². The van der Waals surface area contributed by atoms with Gasteiger partial charge in [0, 0.05) is 30.2 Å². The number of halogens is 3. The minimum Gasteiger partial charge on any atom is -0.350 e. The van der Waals surface area contributed by atoms with Gasteiger partial charge in [-0.1, -0.05) is 41.4 Å². The maximum absolute atomic E-state index is 13.5. The van der Waals surface area contributed by atoms with Crippen LogP contribution in [-0.4, -0.2) is 27.6 Å². The maximum Gasteiger partial charge on any atom is 0.224 e. The van der Waals surface area contributed by atoms with E-state index in [2.05, 4.69) is 26.3 Å². The molecule has 1 aliphatic rings. The van der Waals surface area contributed by atoms with E-state index in [0.717, 1.165) is 60.3 Å². The van der Waals surface area contributed by atoms with Gasteiger partial charge in [0.2, 0.25) is 5.95 Å². The van der Waals surface area contributed by atoms with Gasteiger partial charge in [0.1, 0.15) is 11.5 Å². The Hall–Kier alpha value is -2.67. The van der Waals surface area contributed by atoms with Crippen LogP contribution in [0, 0.1) is 11.7 Å². The lowest BCUT2D eigenvalue weighted by molar-refractivity contribution is 0.341. The molecule has 8 heteroatoms. The summed E-state index contributed by atoms with van der Waals surface area (Å²) < 4.78 is 15.7. The lowest BCUT2D eigenvalue weighted by Gasteiger charge is -2.24. The van der Waals surface area contributed by atoms with Gasteiger partial charge in [0.15, 0.2) is 0 Å². The highest BCUT2D eigenvalue weighted by molar-refractivity contribution is 6.39. The Bertz CT molecular complexity index is 1260. The molecule has 3 heterocycles. The summed E-state index contributed by atoms with van der Waals surface area (Å²) in [6.45, 7) is 3.25. The molecule has 1 atom stereocenters. The van der Waals surface area contributed by atoms with Gasteiger partial charge >= 0.3 is 0 Å². The molecule has 0 unspecified atom stereocenters. The van der Waals surface area contributed by atoms with E-state index in [4.69, 9.17) is 28.2 Å². The Morgan fingerprint density at radius 2 is 1.94 bits per heavy atom. The van der Waals surface area contributed by atoms with E-state index in [1.807, 2.05) is 24.3 Å². The van der Waals surface area contributed by atoms with Crippen LogP contribution in [0.5, 0.6) is 0 Å². The molecule has 0 saturated carbocycles. The second-order valence-electron chi connectivity index (χ2n) is 8.41. The first kappa shape index (κ1) is 22.1. The average molecular weight is 484 g/mol. The van der Waals surface area contributed by atoms with E-state index in [-0.39, 0.29) is 5.82 Å². The SMILES string of the molecule is Fc1cccc(CNc2ncc3cc(-c4c(Cl)cccc4Cl)n(C[C@@H]4CCCNC4)c3n2)c1. The Morgan fingerprint density at radius 1 is 1.12 bits per heavy atom. The predicted molar refractivity (Wildman–Crippen MR) is 132 cm³/mol. The second-order valence-corrected chi connectivity index (χ2v) is 9.22. The molecule has 0 spiro atoms. The monoisotopic (exact) mass is 483 g/mol. The molecule has 1 aliphatic heterocycles. The molecule has 1 saturated heterocycles. The van der Waals surface area contributed by atoms with Crippen molar-refractivity contribution in [3.05, 3.63) is 76.2 Å². The number of benzene rings is 2. The minimum absolute atomic E-state index is 0.262. The summed E-state index contributed by atoms with van der Waals surface area (Å²) in [6.07, 6.45) is 4.11. The van der Waals surface area contributed by atoms with Crippen LogP contribution in [0.15, 0.2) is 54.7 Å². The molecule has 2 N–H and O–H groups in total. The third kappa shape index (κ3) is 4.83. The fourth-order valence-electron chi connectivity index (χ4n) is 4.43. The van der Waals surface area contributed by atoms with Gasteiger partial charge in [-0.15, -0.1) is 0 Å². The molecule has 2 aromatic heterocycles. The molecule has 0 amide bonds. The largest absolute Gasteiger partial charge is 0.350 e. The number of piperidine rings is 1. The van der Waals surface area contributed by atoms with Crippen LogP contribution in [-0.2, 0) is 13.1 Å². The molecule has 2 aromatic carbocycles. The summed E-state index contributed by atoms with van der Waals surface area (Å²) >= 11 is 13.2. The highest BCUT2D eigenvalue weighted by atomic mass is 35.5. The molecule has 1 fully saturated rings. The van der Waals surface area contributed by atoms with E-state index in [1.54, 1.807) is 12.3 Å². The smallest absolute Gasteiger partial charge is 0.224 e. The second kappa shape index (κ2) is 9.67. The van der Waals surface area contributed by atoms with Crippen LogP contribution < -0.4 is 10.6 Å². The maximum atomic E-state index is 13.5. The van der Waals surface area contributed by atoms with Crippen LogP contribution in [0.25, 0.3) is 22.3 Å². The summed E-state index contributed by atoms with van der Waals surface area (Å²) in [5, 5.41) is 8.83. The Kier molecular flexibility index (Phi) is 6.49. The minimum atomic E-state index is -0.262. The molecule has 0 bridgehead atoms. The fourth-order valence-corrected chi connectivity index (χ4v) is 5.02. The van der Waals surface area contributed by atoms with Gasteiger partial charge in [-0.2, -0.15) is 4.98 Å². The van der Waals surface area contributed by atoms with Crippen LogP contribution >= 0.6 is 23.2 Å². The third-order valence-corrected chi connectivity index (χ3v) is 6.66. The first-order valence-corrected chi connectivity index (χ1v) is 11.8. The molecule has 4 aromatic rings. The van der Waals surface area contributed by atoms with Crippen molar-refractivity contribution in [1.29, 1.82) is 0 Å². The van der Waals surface area contributed by atoms with Gasteiger partial charge < -0.3 is 15.2 Å². The molecular weight excluding hydrogens is 460 g/mol. The summed E-state index contributed by atoms with van der Waals surface area (Å²) in [5.41, 5.74) is 3.38. The lowest BCUT2D eigenvalue weighted by atomic mass is 9.99. The van der Waals surface area contributed by atoms with E-state index in [1.165, 1.54) is 12.1 Å². The number of nitrogens with one attached hydrogen (secondary N) is 2. The summed E-state index contributed by atoms with van der Waals surface area (Å²) in [6, 6.07) is 14.1. The first-order chi connectivity index (χ1) is 16.1. The van der Waals surface area contributed by atoms with E-state index >= 15 is 0 Å². The van der Waals surface area contributed by atoms with Crippen molar-refractivity contribution in [2.75, 3.05) is 18.4 Å². The molecular formula is C25H24Cl2FN5. The zero-order valence-electron chi connectivity index (χ0n) is 18.0. The highest BCUT2D eigenvalue weighted by Gasteiger charge is 2.21. The molecule has 0 aliphatic carbocycles. The number of anilines is 1. The molecule has 5 rings (SSSR count). The standard InChI is InChI=1S/C25H24Cl2FN5/c26-20-7-2-8-21(27)23(20)22-11-18-14-31-25(30-13-16-4-1-6-19(28)10-16)32-24(18)33(22)15-17-5-3-9-29-12-17/h1-2,4,6-8,10-11,14,17,29H,3,5,9,12-13,15H2,(H,30,31,32)/t17-/m1/s1. The van der Waals surface area contributed by atoms with Crippen molar-refractivity contribution >= 4 is 40.2 Å². The van der Waals surface area contributed by atoms with Crippen molar-refractivity contribution in [2.45, 2.75) is 25.9 Å². The number of aromatic nitrogens is 3. The number of hydrogen-bond donors (Lipinski definition) is 2. The Morgan fingerprint density at radius 3 is 2.70 bits per heavy atom. The fraction of sp³-hybridized carbons (Fsp3) is 0.280. The van der Waals surface area contributed by atoms with Crippen LogP contribution in [0.1, 0.15) is 18.4 Å². The summed E-state index contributed by atoms with van der Waals surface area (Å²) in [5.74, 6) is 0.708. The normalized spacial score (nSPS) is 16.3. The van der Waals surface area contributed by atoms with Gasteiger partial charge in [0.05, 0.1) is 15.7 Å². The van der Waals surface area contributed by atoms with Crippen molar-refractivity contribution in [3.8, 4) is 11.3 Å². The summed E-state index contributed by atoms with van der Waals surface area (Å²) in [7, 11) is 0. The zero-order valence-corrected chi connectivity index (χ0v) is 19.5. The van der Waals surface area contributed by atoms with Gasteiger partial charge in [0.25, 0.3) is 0 Å². The zero-order chi connectivity index (χ0) is 22.8. The highest BCUT2D eigenvalue weighted by Crippen LogP contribution is 2.38. The number of hydrogen-bond acceptors (Lipinski definition) is 4. The van der Waals surface area contributed by atoms with Crippen molar-refractivity contribution < 1.29 is 4.39 Å². The molecule has 170 valence electrons. The molecule has 33 heavy (non-hydrogen) atoms. The summed E-state index contributed by atoms with van der Waals surface area (Å²) in [4.78, 5) is 9.30. The Labute approximate surface area is 202 Å². The predicted octanol–water partition coefficient (Wildman–Crippen LogP) is 6.16. The van der Waals surface area contributed by atoms with E-state index in [9.17, 15) is 4.39 Å². The topological polar surface area (TPSA) is 54.8 Å². The van der Waals surface area contributed by atoms with Crippen LogP contribution in [0.2, 0.25) is 10.0 Å². The van der Waals surface area contributed by atoms with Gasteiger partial charge in [-0.05, 0) is 67.7 Å². The number of rotatable bonds is 6. The van der Waals surface area contributed by atoms with Gasteiger partial charge in [-0.3, -0.25) is 0 Å². The quantitative estimate of drug-likeness (QED) is 0.345. The van der Waals surface area contributed by atoms with E-state index < -0.39 is 0 Å². The molecule has 5 nitrogen and oxygen atoms in total. The average Bonchev–Trinajstić information content (AvgIpc) is 3.15. The van der Waals surface area contributed by atoms with Crippen molar-refractivity contribution in [2.24, 2.45) is 5.92 Å². The lowest BCUT2D eigenvalue weighted by Crippen LogP contribution is -2.32. The Balaban J connectivity index is 1.54. The van der Waals surface area contributed by atoms with Crippen molar-refractivity contribution in [1.82, 2.24) is 19.9 Å².